The average Bonchev–Trinajstić information content (AvgIpc) is 2.68. The molecule has 0 aliphatic carbocycles. The lowest BCUT2D eigenvalue weighted by molar-refractivity contribution is 0.266. The average molecular weight is 268 g/mol. The highest BCUT2D eigenvalue weighted by atomic mass is 32.1. The minimum Gasteiger partial charge on any atom is -0.312 e. The van der Waals surface area contributed by atoms with Gasteiger partial charge in [0.1, 0.15) is 0 Å². The van der Waals surface area contributed by atoms with Crippen molar-refractivity contribution in [2.45, 2.75) is 53.6 Å². The molecular weight excluding hydrogens is 240 g/mol. The summed E-state index contributed by atoms with van der Waals surface area (Å²) in [6.45, 7) is 14.6. The molecule has 0 unspecified atom stereocenters. The summed E-state index contributed by atoms with van der Waals surface area (Å²) in [6.07, 6.45) is 2.49. The molecule has 0 atom stereocenters. The van der Waals surface area contributed by atoms with E-state index in [1.54, 1.807) is 0 Å². The highest BCUT2D eigenvalue weighted by Gasteiger charge is 2.09. The van der Waals surface area contributed by atoms with Gasteiger partial charge in [0.15, 0.2) is 0 Å². The molecule has 0 saturated carbocycles. The fraction of sp³-hybridized carbons (Fsp3) is 0.733. The van der Waals surface area contributed by atoms with Crippen LogP contribution < -0.4 is 5.32 Å². The number of nitrogens with one attached hydrogen (secondary N) is 1. The number of hydrogen-bond acceptors (Lipinski definition) is 3. The van der Waals surface area contributed by atoms with E-state index in [4.69, 9.17) is 0 Å². The predicted octanol–water partition coefficient (Wildman–Crippen LogP) is 3.79. The van der Waals surface area contributed by atoms with Crippen molar-refractivity contribution in [3.63, 3.8) is 0 Å². The van der Waals surface area contributed by atoms with Crippen LogP contribution in [0.4, 0.5) is 0 Å². The molecule has 0 radical (unpaired) electrons. The monoisotopic (exact) mass is 268 g/mol. The van der Waals surface area contributed by atoms with E-state index in [-0.39, 0.29) is 0 Å². The Morgan fingerprint density at radius 2 is 1.83 bits per heavy atom. The number of thiophene rings is 1. The Morgan fingerprint density at radius 1 is 1.17 bits per heavy atom. The van der Waals surface area contributed by atoms with E-state index in [1.165, 1.54) is 41.2 Å². The SMILES string of the molecule is CCCN(CCC)Cc1cc(CNCC)sc1C. The molecule has 0 spiro atoms. The molecule has 2 nitrogen and oxygen atoms in total. The summed E-state index contributed by atoms with van der Waals surface area (Å²) in [7, 11) is 0. The number of aryl methyl sites for hydroxylation is 1. The zero-order valence-corrected chi connectivity index (χ0v) is 13.2. The molecule has 3 heteroatoms. The molecule has 0 aromatic carbocycles. The van der Waals surface area contributed by atoms with Gasteiger partial charge in [-0.15, -0.1) is 11.3 Å². The van der Waals surface area contributed by atoms with Crippen molar-refractivity contribution >= 4 is 11.3 Å². The fourth-order valence-corrected chi connectivity index (χ4v) is 3.25. The van der Waals surface area contributed by atoms with Crippen LogP contribution in [0.25, 0.3) is 0 Å². The second kappa shape index (κ2) is 8.68. The van der Waals surface area contributed by atoms with E-state index >= 15 is 0 Å². The minimum atomic E-state index is 1.02. The van der Waals surface area contributed by atoms with E-state index in [0.717, 1.165) is 19.6 Å². The van der Waals surface area contributed by atoms with E-state index in [2.05, 4.69) is 44.0 Å². The Kier molecular flexibility index (Phi) is 7.56. The Morgan fingerprint density at radius 3 is 2.39 bits per heavy atom. The smallest absolute Gasteiger partial charge is 0.0299 e. The lowest BCUT2D eigenvalue weighted by Crippen LogP contribution is -2.24. The molecule has 0 amide bonds. The standard InChI is InChI=1S/C15H28N2S/c1-5-8-17(9-6-2)12-14-10-15(11-16-7-3)18-13(14)4/h10,16H,5-9,11-12H2,1-4H3. The number of hydrogen-bond donors (Lipinski definition) is 1. The van der Waals surface area contributed by atoms with Gasteiger partial charge in [0.25, 0.3) is 0 Å². The normalized spacial score (nSPS) is 11.4. The molecular formula is C15H28N2S. The topological polar surface area (TPSA) is 15.3 Å². The molecule has 104 valence electrons. The first kappa shape index (κ1) is 15.7. The van der Waals surface area contributed by atoms with Crippen LogP contribution in [0.1, 0.15) is 48.9 Å². The van der Waals surface area contributed by atoms with Crippen LogP contribution in [0.15, 0.2) is 6.07 Å². The van der Waals surface area contributed by atoms with Crippen molar-refractivity contribution in [1.29, 1.82) is 0 Å². The van der Waals surface area contributed by atoms with Crippen molar-refractivity contribution in [1.82, 2.24) is 10.2 Å². The van der Waals surface area contributed by atoms with E-state index in [0.29, 0.717) is 0 Å². The Bertz CT molecular complexity index is 327. The van der Waals surface area contributed by atoms with Gasteiger partial charge in [0.05, 0.1) is 0 Å². The lowest BCUT2D eigenvalue weighted by Gasteiger charge is -2.20. The van der Waals surface area contributed by atoms with Crippen molar-refractivity contribution in [3.8, 4) is 0 Å². The third-order valence-corrected chi connectivity index (χ3v) is 4.19. The Labute approximate surface area is 116 Å². The number of rotatable bonds is 9. The maximum atomic E-state index is 3.41. The van der Waals surface area contributed by atoms with Crippen LogP contribution in [-0.2, 0) is 13.1 Å². The second-order valence-corrected chi connectivity index (χ2v) is 6.19. The van der Waals surface area contributed by atoms with E-state index in [9.17, 15) is 0 Å². The Hall–Kier alpha value is -0.380. The molecule has 0 aliphatic heterocycles. The zero-order chi connectivity index (χ0) is 13.4. The molecule has 0 aliphatic rings. The summed E-state index contributed by atoms with van der Waals surface area (Å²) in [5.41, 5.74) is 1.52. The molecule has 1 rings (SSSR count). The first-order valence-electron chi connectivity index (χ1n) is 7.22. The van der Waals surface area contributed by atoms with Crippen molar-refractivity contribution < 1.29 is 0 Å². The summed E-state index contributed by atoms with van der Waals surface area (Å²) in [4.78, 5) is 5.53. The molecule has 0 bridgehead atoms. The van der Waals surface area contributed by atoms with Crippen molar-refractivity contribution in [3.05, 3.63) is 21.4 Å². The highest BCUT2D eigenvalue weighted by molar-refractivity contribution is 7.12. The minimum absolute atomic E-state index is 1.02. The van der Waals surface area contributed by atoms with Crippen LogP contribution >= 0.6 is 11.3 Å². The first-order valence-corrected chi connectivity index (χ1v) is 8.04. The molecule has 0 saturated heterocycles. The predicted molar refractivity (Wildman–Crippen MR) is 82.3 cm³/mol. The molecule has 0 fully saturated rings. The van der Waals surface area contributed by atoms with Crippen LogP contribution in [0, 0.1) is 6.92 Å². The molecule has 1 heterocycles. The van der Waals surface area contributed by atoms with Crippen molar-refractivity contribution in [2.24, 2.45) is 0 Å². The Balaban J connectivity index is 2.60. The van der Waals surface area contributed by atoms with Gasteiger partial charge in [-0.2, -0.15) is 0 Å². The zero-order valence-electron chi connectivity index (χ0n) is 12.4. The molecule has 1 N–H and O–H groups in total. The first-order chi connectivity index (χ1) is 8.71. The van der Waals surface area contributed by atoms with E-state index in [1.807, 2.05) is 11.3 Å². The summed E-state index contributed by atoms with van der Waals surface area (Å²) >= 11 is 1.94. The van der Waals surface area contributed by atoms with E-state index < -0.39 is 0 Å². The van der Waals surface area contributed by atoms with Gasteiger partial charge in [-0.25, -0.2) is 0 Å². The van der Waals surface area contributed by atoms with Crippen LogP contribution in [0.2, 0.25) is 0 Å². The maximum absolute atomic E-state index is 3.41. The van der Waals surface area contributed by atoms with Crippen LogP contribution in [0.5, 0.6) is 0 Å². The summed E-state index contributed by atoms with van der Waals surface area (Å²) in [5.74, 6) is 0. The fourth-order valence-electron chi connectivity index (χ4n) is 2.22. The molecule has 18 heavy (non-hydrogen) atoms. The largest absolute Gasteiger partial charge is 0.312 e. The summed E-state index contributed by atoms with van der Waals surface area (Å²) in [6, 6.07) is 2.39. The third-order valence-electron chi connectivity index (χ3n) is 3.09. The van der Waals surface area contributed by atoms with Gasteiger partial charge >= 0.3 is 0 Å². The van der Waals surface area contributed by atoms with Gasteiger partial charge < -0.3 is 5.32 Å². The van der Waals surface area contributed by atoms with Crippen LogP contribution in [0.3, 0.4) is 0 Å². The molecule has 1 aromatic heterocycles. The van der Waals surface area contributed by atoms with Gasteiger partial charge in [-0.05, 0) is 51.0 Å². The highest BCUT2D eigenvalue weighted by Crippen LogP contribution is 2.23. The third kappa shape index (κ3) is 5.09. The molecule has 1 aromatic rings. The van der Waals surface area contributed by atoms with Gasteiger partial charge in [-0.3, -0.25) is 4.90 Å². The van der Waals surface area contributed by atoms with Gasteiger partial charge in [-0.1, -0.05) is 20.8 Å². The lowest BCUT2D eigenvalue weighted by atomic mass is 10.2. The van der Waals surface area contributed by atoms with Crippen LogP contribution in [-0.4, -0.2) is 24.5 Å². The van der Waals surface area contributed by atoms with Gasteiger partial charge in [0, 0.05) is 22.8 Å². The maximum Gasteiger partial charge on any atom is 0.0299 e. The van der Waals surface area contributed by atoms with Gasteiger partial charge in [0.2, 0.25) is 0 Å². The summed E-state index contributed by atoms with van der Waals surface area (Å²) < 4.78 is 0. The van der Waals surface area contributed by atoms with Crippen molar-refractivity contribution in [2.75, 3.05) is 19.6 Å². The number of nitrogens with zero attached hydrogens (tertiary/aromatic N) is 1. The quantitative estimate of drug-likeness (QED) is 0.733. The second-order valence-electron chi connectivity index (χ2n) is 4.85. The summed E-state index contributed by atoms with van der Waals surface area (Å²) in [5, 5.41) is 3.41.